The number of rotatable bonds is 2. The van der Waals surface area contributed by atoms with E-state index < -0.39 is 0 Å². The molecular weight excluding hydrogens is 272 g/mol. The lowest BCUT2D eigenvalue weighted by Gasteiger charge is -2.17. The smallest absolute Gasteiger partial charge is 0.294 e. The SMILES string of the molecule is COc1cc(N=C2C(=N)N3CCCN3C2=O)c(N)cc1N. The molecule has 110 valence electrons. The maximum absolute atomic E-state index is 12.3. The zero-order valence-corrected chi connectivity index (χ0v) is 11.6. The van der Waals surface area contributed by atoms with Crippen LogP contribution < -0.4 is 16.2 Å². The number of nitrogen functional groups attached to an aromatic ring is 2. The first-order valence-electron chi connectivity index (χ1n) is 6.53. The average Bonchev–Trinajstić information content (AvgIpc) is 3.01. The molecule has 0 aliphatic carbocycles. The summed E-state index contributed by atoms with van der Waals surface area (Å²) < 4.78 is 5.12. The maximum atomic E-state index is 12.3. The summed E-state index contributed by atoms with van der Waals surface area (Å²) in [6, 6.07) is 3.10. The van der Waals surface area contributed by atoms with E-state index in [0.29, 0.717) is 35.9 Å². The van der Waals surface area contributed by atoms with Crippen molar-refractivity contribution in [2.75, 3.05) is 31.7 Å². The van der Waals surface area contributed by atoms with Gasteiger partial charge in [0.15, 0.2) is 11.5 Å². The number of aliphatic imine (C=N–C) groups is 1. The van der Waals surface area contributed by atoms with E-state index in [2.05, 4.69) is 4.99 Å². The van der Waals surface area contributed by atoms with Gasteiger partial charge >= 0.3 is 0 Å². The Morgan fingerprint density at radius 1 is 1.24 bits per heavy atom. The van der Waals surface area contributed by atoms with Crippen LogP contribution in [0.2, 0.25) is 0 Å². The van der Waals surface area contributed by atoms with Crippen molar-refractivity contribution < 1.29 is 9.53 Å². The van der Waals surface area contributed by atoms with Crippen LogP contribution in [0.5, 0.6) is 5.75 Å². The Morgan fingerprint density at radius 2 is 1.95 bits per heavy atom. The number of nitrogens with two attached hydrogens (primary N) is 2. The molecule has 2 aliphatic rings. The van der Waals surface area contributed by atoms with E-state index in [1.165, 1.54) is 18.2 Å². The van der Waals surface area contributed by atoms with Crippen LogP contribution >= 0.6 is 0 Å². The fourth-order valence-corrected chi connectivity index (χ4v) is 2.50. The first-order valence-corrected chi connectivity index (χ1v) is 6.53. The Balaban J connectivity index is 2.03. The number of ether oxygens (including phenoxy) is 1. The number of hydrazine groups is 1. The van der Waals surface area contributed by atoms with E-state index in [4.69, 9.17) is 21.6 Å². The molecule has 0 atom stereocenters. The molecule has 2 fully saturated rings. The largest absolute Gasteiger partial charge is 0.495 e. The van der Waals surface area contributed by atoms with Crippen molar-refractivity contribution in [1.29, 1.82) is 5.41 Å². The van der Waals surface area contributed by atoms with Crippen molar-refractivity contribution in [1.82, 2.24) is 10.0 Å². The lowest BCUT2D eigenvalue weighted by atomic mass is 10.2. The van der Waals surface area contributed by atoms with Gasteiger partial charge in [0.25, 0.3) is 5.91 Å². The third kappa shape index (κ3) is 1.95. The summed E-state index contributed by atoms with van der Waals surface area (Å²) in [7, 11) is 1.49. The third-order valence-corrected chi connectivity index (χ3v) is 3.56. The minimum Gasteiger partial charge on any atom is -0.495 e. The molecule has 5 N–H and O–H groups in total. The normalized spacial score (nSPS) is 19.6. The number of hydrogen-bond donors (Lipinski definition) is 3. The minimum atomic E-state index is -0.271. The molecule has 2 saturated heterocycles. The summed E-state index contributed by atoms with van der Waals surface area (Å²) in [6.45, 7) is 1.27. The van der Waals surface area contributed by atoms with E-state index in [0.717, 1.165) is 6.42 Å². The molecule has 0 unspecified atom stereocenters. The molecule has 0 radical (unpaired) electrons. The van der Waals surface area contributed by atoms with Gasteiger partial charge in [-0.25, -0.2) is 10.0 Å². The summed E-state index contributed by atoms with van der Waals surface area (Å²) >= 11 is 0. The molecule has 21 heavy (non-hydrogen) atoms. The Hall–Kier alpha value is -2.77. The molecule has 0 bridgehead atoms. The summed E-state index contributed by atoms with van der Waals surface area (Å²) in [5.74, 6) is 0.265. The van der Waals surface area contributed by atoms with Crippen molar-refractivity contribution in [3.05, 3.63) is 12.1 Å². The maximum Gasteiger partial charge on any atom is 0.294 e. The number of hydrogen-bond acceptors (Lipinski definition) is 6. The summed E-state index contributed by atoms with van der Waals surface area (Å²) in [5, 5.41) is 11.2. The van der Waals surface area contributed by atoms with Crippen LogP contribution in [0.25, 0.3) is 0 Å². The Kier molecular flexibility index (Phi) is 2.93. The second kappa shape index (κ2) is 4.65. The lowest BCUT2D eigenvalue weighted by Crippen LogP contribution is -2.33. The number of benzene rings is 1. The number of amides is 1. The molecule has 0 aromatic heterocycles. The van der Waals surface area contributed by atoms with Crippen LogP contribution in [0, 0.1) is 5.41 Å². The highest BCUT2D eigenvalue weighted by Gasteiger charge is 2.42. The van der Waals surface area contributed by atoms with E-state index in [1.807, 2.05) is 0 Å². The molecule has 1 aromatic rings. The highest BCUT2D eigenvalue weighted by atomic mass is 16.5. The summed E-state index contributed by atoms with van der Waals surface area (Å²) in [5.41, 5.74) is 12.8. The van der Waals surface area contributed by atoms with Crippen molar-refractivity contribution in [2.45, 2.75) is 6.42 Å². The zero-order valence-electron chi connectivity index (χ0n) is 11.6. The Labute approximate surface area is 121 Å². The highest BCUT2D eigenvalue weighted by molar-refractivity contribution is 6.68. The number of nitrogens with zero attached hydrogens (tertiary/aromatic N) is 3. The lowest BCUT2D eigenvalue weighted by molar-refractivity contribution is -0.129. The Bertz CT molecular complexity index is 645. The fourth-order valence-electron chi connectivity index (χ4n) is 2.50. The van der Waals surface area contributed by atoms with E-state index in [1.54, 1.807) is 11.1 Å². The number of amidine groups is 1. The number of nitrogens with one attached hydrogen (secondary N) is 1. The highest BCUT2D eigenvalue weighted by Crippen LogP contribution is 2.34. The number of methoxy groups -OCH3 is 1. The van der Waals surface area contributed by atoms with Crippen molar-refractivity contribution in [3.8, 4) is 5.75 Å². The van der Waals surface area contributed by atoms with Gasteiger partial charge in [0.1, 0.15) is 5.75 Å². The molecule has 2 aliphatic heterocycles. The van der Waals surface area contributed by atoms with E-state index >= 15 is 0 Å². The molecule has 0 saturated carbocycles. The van der Waals surface area contributed by atoms with Crippen LogP contribution in [0.3, 0.4) is 0 Å². The van der Waals surface area contributed by atoms with Crippen LogP contribution in [0.15, 0.2) is 17.1 Å². The molecule has 2 heterocycles. The van der Waals surface area contributed by atoms with Crippen LogP contribution in [-0.2, 0) is 4.79 Å². The van der Waals surface area contributed by atoms with Gasteiger partial charge in [0.2, 0.25) is 0 Å². The molecule has 3 rings (SSSR count). The third-order valence-electron chi connectivity index (χ3n) is 3.56. The van der Waals surface area contributed by atoms with E-state index in [-0.39, 0.29) is 17.5 Å². The first kappa shape index (κ1) is 13.2. The quantitative estimate of drug-likeness (QED) is 0.679. The van der Waals surface area contributed by atoms with Crippen LogP contribution in [-0.4, -0.2) is 47.7 Å². The average molecular weight is 288 g/mol. The van der Waals surface area contributed by atoms with Gasteiger partial charge in [-0.05, 0) is 12.5 Å². The van der Waals surface area contributed by atoms with E-state index in [9.17, 15) is 4.79 Å². The van der Waals surface area contributed by atoms with Gasteiger partial charge in [-0.1, -0.05) is 0 Å². The number of fused-ring (bicyclic) bond motifs is 1. The van der Waals surface area contributed by atoms with Crippen LogP contribution in [0.4, 0.5) is 17.1 Å². The van der Waals surface area contributed by atoms with Gasteiger partial charge in [-0.15, -0.1) is 0 Å². The second-order valence-electron chi connectivity index (χ2n) is 4.87. The number of carbonyl (C=O) groups excluding carboxylic acids is 1. The number of carbonyl (C=O) groups is 1. The summed E-state index contributed by atoms with van der Waals surface area (Å²) in [6.07, 6.45) is 0.860. The topological polar surface area (TPSA) is 121 Å². The predicted octanol–water partition coefficient (Wildman–Crippen LogP) is 0.372. The molecule has 8 heteroatoms. The molecular formula is C13H16N6O2. The molecule has 0 spiro atoms. The molecule has 1 amide bonds. The second-order valence-corrected chi connectivity index (χ2v) is 4.87. The van der Waals surface area contributed by atoms with Gasteiger partial charge in [0, 0.05) is 19.2 Å². The molecule has 1 aromatic carbocycles. The van der Waals surface area contributed by atoms with Gasteiger partial charge in [-0.3, -0.25) is 15.2 Å². The van der Waals surface area contributed by atoms with Crippen molar-refractivity contribution >= 4 is 34.5 Å². The van der Waals surface area contributed by atoms with Crippen molar-refractivity contribution in [2.24, 2.45) is 4.99 Å². The minimum absolute atomic E-state index is 0.0909. The Morgan fingerprint density at radius 3 is 2.62 bits per heavy atom. The molecule has 8 nitrogen and oxygen atoms in total. The van der Waals surface area contributed by atoms with Crippen LogP contribution in [0.1, 0.15) is 6.42 Å². The fraction of sp³-hybridized carbons (Fsp3) is 0.308. The first-order chi connectivity index (χ1) is 10.0. The van der Waals surface area contributed by atoms with Gasteiger partial charge in [-0.2, -0.15) is 0 Å². The van der Waals surface area contributed by atoms with Crippen molar-refractivity contribution in [3.63, 3.8) is 0 Å². The zero-order chi connectivity index (χ0) is 15.1. The van der Waals surface area contributed by atoms with Gasteiger partial charge < -0.3 is 16.2 Å². The predicted molar refractivity (Wildman–Crippen MR) is 79.7 cm³/mol. The standard InChI is InChI=1S/C13H16N6O2/c1-21-10-6-9(7(14)5-8(10)15)17-11-12(16)18-3-2-4-19(18)13(11)20/h5-6,16H,2-4,14-15H2,1H3. The van der Waals surface area contributed by atoms with Gasteiger partial charge in [0.05, 0.1) is 24.2 Å². The number of anilines is 2. The summed E-state index contributed by atoms with van der Waals surface area (Å²) in [4.78, 5) is 16.5. The monoisotopic (exact) mass is 288 g/mol.